The van der Waals surface area contributed by atoms with Gasteiger partial charge in [0.25, 0.3) is 0 Å². The smallest absolute Gasteiger partial charge is 0.225 e. The van der Waals surface area contributed by atoms with Gasteiger partial charge in [-0.05, 0) is 74.1 Å². The first-order chi connectivity index (χ1) is 19.5. The molecular formula is C32H28N4O2S2. The van der Waals surface area contributed by atoms with E-state index in [4.69, 9.17) is 9.72 Å². The molecular weight excluding hydrogens is 537 g/mol. The molecule has 2 heterocycles. The lowest BCUT2D eigenvalue weighted by Crippen LogP contribution is -2.12. The van der Waals surface area contributed by atoms with Gasteiger partial charge in [0.05, 0.1) is 23.9 Å². The van der Waals surface area contributed by atoms with Crippen molar-refractivity contribution in [3.63, 3.8) is 0 Å². The number of thiophene rings is 1. The molecule has 8 heteroatoms. The van der Waals surface area contributed by atoms with Crippen molar-refractivity contribution < 1.29 is 9.53 Å². The fourth-order valence-corrected chi connectivity index (χ4v) is 7.01. The number of nitrogens with zero attached hydrogens (tertiary/aromatic N) is 3. The van der Waals surface area contributed by atoms with Gasteiger partial charge in [-0.1, -0.05) is 29.8 Å². The van der Waals surface area contributed by atoms with Gasteiger partial charge in [0.2, 0.25) is 5.91 Å². The van der Waals surface area contributed by atoms with E-state index >= 15 is 0 Å². The number of carbonyl (C=O) groups excluding carboxylic acids is 1. The van der Waals surface area contributed by atoms with Crippen LogP contribution >= 0.6 is 23.1 Å². The van der Waals surface area contributed by atoms with Gasteiger partial charge in [-0.25, -0.2) is 4.98 Å². The van der Waals surface area contributed by atoms with Crippen LogP contribution in [-0.2, 0) is 17.6 Å². The highest BCUT2D eigenvalue weighted by atomic mass is 32.2. The van der Waals surface area contributed by atoms with E-state index in [0.29, 0.717) is 26.9 Å². The molecule has 0 saturated carbocycles. The van der Waals surface area contributed by atoms with E-state index in [1.165, 1.54) is 28.0 Å². The van der Waals surface area contributed by atoms with Crippen molar-refractivity contribution in [1.29, 1.82) is 10.5 Å². The number of aromatic nitrogens is 1. The molecule has 0 aliphatic heterocycles. The zero-order valence-corrected chi connectivity index (χ0v) is 24.0. The molecule has 1 aliphatic carbocycles. The van der Waals surface area contributed by atoms with Gasteiger partial charge in [0, 0.05) is 28.2 Å². The van der Waals surface area contributed by atoms with E-state index in [1.807, 2.05) is 61.5 Å². The Morgan fingerprint density at radius 2 is 1.73 bits per heavy atom. The van der Waals surface area contributed by atoms with E-state index in [-0.39, 0.29) is 12.3 Å². The Morgan fingerprint density at radius 3 is 2.42 bits per heavy atom. The van der Waals surface area contributed by atoms with Crippen LogP contribution in [0.15, 0.2) is 59.6 Å². The summed E-state index contributed by atoms with van der Waals surface area (Å²) in [5.41, 5.74) is 6.73. The number of fused-ring (bicyclic) bond motifs is 1. The lowest BCUT2D eigenvalue weighted by Gasteiger charge is -2.13. The number of rotatable bonds is 8. The van der Waals surface area contributed by atoms with Crippen molar-refractivity contribution >= 4 is 34.0 Å². The van der Waals surface area contributed by atoms with Crippen LogP contribution in [0.1, 0.15) is 46.4 Å². The van der Waals surface area contributed by atoms with E-state index in [2.05, 4.69) is 17.5 Å². The lowest BCUT2D eigenvalue weighted by molar-refractivity contribution is -0.115. The summed E-state index contributed by atoms with van der Waals surface area (Å²) in [4.78, 5) is 19.0. The minimum absolute atomic E-state index is 0.147. The van der Waals surface area contributed by atoms with Crippen molar-refractivity contribution in [3.8, 4) is 40.3 Å². The lowest BCUT2D eigenvalue weighted by atomic mass is 9.96. The molecule has 5 rings (SSSR count). The normalized spacial score (nSPS) is 12.2. The second-order valence-corrected chi connectivity index (χ2v) is 11.8. The van der Waals surface area contributed by atoms with Crippen LogP contribution < -0.4 is 10.1 Å². The third-order valence-electron chi connectivity index (χ3n) is 6.95. The van der Waals surface area contributed by atoms with Gasteiger partial charge < -0.3 is 10.1 Å². The van der Waals surface area contributed by atoms with Gasteiger partial charge in [0.1, 0.15) is 27.9 Å². The number of hydrogen-bond acceptors (Lipinski definition) is 7. The van der Waals surface area contributed by atoms with Gasteiger partial charge >= 0.3 is 0 Å². The number of thioether (sulfide) groups is 1. The van der Waals surface area contributed by atoms with Crippen LogP contribution in [-0.4, -0.2) is 23.8 Å². The SMILES string of the molecule is COc1ccc(-c2cc(-c3ccc(C)cc3)c(C#N)c(SCCC(=O)Nc3sc4c(c3C#N)CCCC4)n2)cc1. The summed E-state index contributed by atoms with van der Waals surface area (Å²) in [7, 11) is 1.63. The number of anilines is 1. The first-order valence-electron chi connectivity index (χ1n) is 13.1. The molecule has 0 atom stereocenters. The maximum atomic E-state index is 12.9. The van der Waals surface area contributed by atoms with E-state index in [9.17, 15) is 15.3 Å². The Balaban J connectivity index is 1.39. The molecule has 1 N–H and O–H groups in total. The molecule has 200 valence electrons. The Morgan fingerprint density at radius 1 is 1.02 bits per heavy atom. The third kappa shape index (κ3) is 5.89. The summed E-state index contributed by atoms with van der Waals surface area (Å²) in [6, 6.07) is 22.3. The van der Waals surface area contributed by atoms with Gasteiger partial charge in [-0.2, -0.15) is 10.5 Å². The number of methoxy groups -OCH3 is 1. The predicted molar refractivity (Wildman–Crippen MR) is 161 cm³/mol. The molecule has 2 aromatic carbocycles. The van der Waals surface area contributed by atoms with Crippen molar-refractivity contribution in [2.75, 3.05) is 18.2 Å². The molecule has 2 aromatic heterocycles. The molecule has 40 heavy (non-hydrogen) atoms. The first-order valence-corrected chi connectivity index (χ1v) is 14.9. The number of nitrogens with one attached hydrogen (secondary N) is 1. The third-order valence-corrected chi connectivity index (χ3v) is 9.13. The Labute approximate surface area is 242 Å². The summed E-state index contributed by atoms with van der Waals surface area (Å²) in [6.45, 7) is 2.03. The summed E-state index contributed by atoms with van der Waals surface area (Å²) in [5.74, 6) is 1.05. The summed E-state index contributed by atoms with van der Waals surface area (Å²) in [6.07, 6.45) is 4.30. The number of pyridine rings is 1. The second kappa shape index (κ2) is 12.4. The molecule has 6 nitrogen and oxygen atoms in total. The topological polar surface area (TPSA) is 98.8 Å². The van der Waals surface area contributed by atoms with E-state index in [1.54, 1.807) is 7.11 Å². The number of carbonyl (C=O) groups is 1. The maximum Gasteiger partial charge on any atom is 0.225 e. The van der Waals surface area contributed by atoms with Crippen molar-refractivity contribution in [1.82, 2.24) is 4.98 Å². The zero-order chi connectivity index (χ0) is 28.1. The molecule has 1 aliphatic rings. The van der Waals surface area contributed by atoms with E-state index in [0.717, 1.165) is 64.9 Å². The minimum Gasteiger partial charge on any atom is -0.497 e. The number of hydrogen-bond donors (Lipinski definition) is 1. The summed E-state index contributed by atoms with van der Waals surface area (Å²) < 4.78 is 5.30. The first kappa shape index (κ1) is 27.5. The molecule has 0 spiro atoms. The molecule has 1 amide bonds. The summed E-state index contributed by atoms with van der Waals surface area (Å²) >= 11 is 2.92. The standard InChI is InChI=1S/C32H28N4O2S2/c1-20-7-9-21(10-8-20)25-17-28(22-11-13-23(38-2)14-12-22)35-31(27(25)19-34)39-16-15-30(37)36-32-26(18-33)24-5-3-4-6-29(24)40-32/h7-14,17H,3-6,15-16H2,1-2H3,(H,36,37). The average molecular weight is 565 g/mol. The van der Waals surface area contributed by atoms with Gasteiger partial charge in [-0.15, -0.1) is 23.1 Å². The molecule has 0 fully saturated rings. The Bertz CT molecular complexity index is 1630. The predicted octanol–water partition coefficient (Wildman–Crippen LogP) is 7.54. The molecule has 0 radical (unpaired) electrons. The number of aryl methyl sites for hydroxylation is 2. The number of ether oxygens (including phenoxy) is 1. The van der Waals surface area contributed by atoms with Crippen molar-refractivity contribution in [2.45, 2.75) is 44.1 Å². The highest BCUT2D eigenvalue weighted by Gasteiger charge is 2.22. The maximum absolute atomic E-state index is 12.9. The van der Waals surface area contributed by atoms with Crippen molar-refractivity contribution in [3.05, 3.63) is 81.7 Å². The largest absolute Gasteiger partial charge is 0.497 e. The molecule has 4 aromatic rings. The van der Waals surface area contributed by atoms with Gasteiger partial charge in [-0.3, -0.25) is 4.79 Å². The van der Waals surface area contributed by atoms with Crippen molar-refractivity contribution in [2.24, 2.45) is 0 Å². The highest BCUT2D eigenvalue weighted by Crippen LogP contribution is 2.38. The number of nitriles is 2. The zero-order valence-electron chi connectivity index (χ0n) is 22.4. The number of benzene rings is 2. The summed E-state index contributed by atoms with van der Waals surface area (Å²) in [5, 5.41) is 24.1. The van der Waals surface area contributed by atoms with Crippen LogP contribution in [0.4, 0.5) is 5.00 Å². The average Bonchev–Trinajstić information content (AvgIpc) is 3.33. The van der Waals surface area contributed by atoms with Crippen LogP contribution in [0, 0.1) is 29.6 Å². The number of amides is 1. The molecule has 0 bridgehead atoms. The van der Waals surface area contributed by atoms with E-state index < -0.39 is 0 Å². The van der Waals surface area contributed by atoms with Gasteiger partial charge in [0.15, 0.2) is 0 Å². The van der Waals surface area contributed by atoms with Crippen LogP contribution in [0.25, 0.3) is 22.4 Å². The minimum atomic E-state index is -0.147. The van der Waals surface area contributed by atoms with Crippen LogP contribution in [0.5, 0.6) is 5.75 Å². The molecule has 0 unspecified atom stereocenters. The van der Waals surface area contributed by atoms with Crippen LogP contribution in [0.3, 0.4) is 0 Å². The second-order valence-electron chi connectivity index (χ2n) is 9.62. The Hall–Kier alpha value is -4.11. The van der Waals surface area contributed by atoms with Crippen LogP contribution in [0.2, 0.25) is 0 Å². The fraction of sp³-hybridized carbons (Fsp3) is 0.250. The molecule has 0 saturated heterocycles. The monoisotopic (exact) mass is 564 g/mol. The fourth-order valence-electron chi connectivity index (χ4n) is 4.81. The Kier molecular flexibility index (Phi) is 8.50. The quantitative estimate of drug-likeness (QED) is 0.222. The highest BCUT2D eigenvalue weighted by molar-refractivity contribution is 7.99.